The first kappa shape index (κ1) is 18.2. The molecule has 5 heteroatoms. The van der Waals surface area contributed by atoms with Crippen LogP contribution < -0.4 is 0 Å². The predicted molar refractivity (Wildman–Crippen MR) is 104 cm³/mol. The summed E-state index contributed by atoms with van der Waals surface area (Å²) in [6.07, 6.45) is 7.27. The second-order valence-electron chi connectivity index (χ2n) is 6.57. The lowest BCUT2D eigenvalue weighted by molar-refractivity contribution is -0.128. The van der Waals surface area contributed by atoms with E-state index in [-0.39, 0.29) is 12.5 Å². The first-order chi connectivity index (χ1) is 12.6. The number of rotatable bonds is 4. The van der Waals surface area contributed by atoms with Gasteiger partial charge in [-0.1, -0.05) is 31.3 Å². The van der Waals surface area contributed by atoms with Crippen LogP contribution in [-0.2, 0) is 11.2 Å². The molecule has 3 rings (SSSR count). The molecule has 0 atom stereocenters. The van der Waals surface area contributed by atoms with Gasteiger partial charge in [-0.3, -0.25) is 4.79 Å². The molecule has 136 valence electrons. The van der Waals surface area contributed by atoms with E-state index < -0.39 is 0 Å². The van der Waals surface area contributed by atoms with Crippen LogP contribution in [0, 0.1) is 11.8 Å². The van der Waals surface area contributed by atoms with Crippen molar-refractivity contribution in [2.75, 3.05) is 19.7 Å². The smallest absolute Gasteiger partial charge is 0.219 e. The van der Waals surface area contributed by atoms with Crippen LogP contribution in [0.25, 0.3) is 16.6 Å². The highest BCUT2D eigenvalue weighted by Crippen LogP contribution is 2.31. The number of carbonyl (C=O) groups is 1. The fourth-order valence-corrected chi connectivity index (χ4v) is 3.38. The predicted octanol–water partition coefficient (Wildman–Crippen LogP) is 2.88. The Morgan fingerprint density at radius 1 is 1.46 bits per heavy atom. The number of hydrogen-bond acceptors (Lipinski definition) is 3. The topological polar surface area (TPSA) is 69.2 Å². The van der Waals surface area contributed by atoms with E-state index in [0.717, 1.165) is 48.1 Å². The maximum Gasteiger partial charge on any atom is 0.219 e. The summed E-state index contributed by atoms with van der Waals surface area (Å²) in [7, 11) is 0. The summed E-state index contributed by atoms with van der Waals surface area (Å²) in [6, 6.07) is 2.09. The van der Waals surface area contributed by atoms with E-state index >= 15 is 0 Å². The standard InChI is InChI=1S/C21H25N3O2/c1-3-6-18-19-13-16(7-4-5-12-25)14-22-21(19)23-20(18)17-8-10-24(11-9-17)15(2)26/h8,13-14,25H,3,5-6,9-12H2,1-2H3,(H,22,23). The maximum absolute atomic E-state index is 11.5. The molecule has 1 aliphatic heterocycles. The lowest BCUT2D eigenvalue weighted by atomic mass is 9.97. The first-order valence-electron chi connectivity index (χ1n) is 9.19. The fraction of sp³-hybridized carbons (Fsp3) is 0.429. The highest BCUT2D eigenvalue weighted by molar-refractivity contribution is 5.88. The SMILES string of the molecule is CCCc1c(C2=CCN(C(C)=O)CC2)[nH]c2ncc(C#CCCO)cc12. The van der Waals surface area contributed by atoms with Gasteiger partial charge in [0.05, 0.1) is 6.61 Å². The quantitative estimate of drug-likeness (QED) is 0.832. The molecular weight excluding hydrogens is 326 g/mol. The van der Waals surface area contributed by atoms with Gasteiger partial charge in [0, 0.05) is 49.3 Å². The molecule has 0 radical (unpaired) electrons. The second kappa shape index (κ2) is 8.20. The van der Waals surface area contributed by atoms with E-state index in [1.807, 2.05) is 4.90 Å². The summed E-state index contributed by atoms with van der Waals surface area (Å²) < 4.78 is 0. The Kier molecular flexibility index (Phi) is 5.75. The summed E-state index contributed by atoms with van der Waals surface area (Å²) >= 11 is 0. The summed E-state index contributed by atoms with van der Waals surface area (Å²) in [6.45, 7) is 5.29. The monoisotopic (exact) mass is 351 g/mol. The Balaban J connectivity index is 1.99. The highest BCUT2D eigenvalue weighted by atomic mass is 16.2. The number of aromatic amines is 1. The average Bonchev–Trinajstić information content (AvgIpc) is 3.00. The number of fused-ring (bicyclic) bond motifs is 1. The van der Waals surface area contributed by atoms with Gasteiger partial charge in [-0.2, -0.15) is 0 Å². The molecule has 5 nitrogen and oxygen atoms in total. The molecular formula is C21H25N3O2. The van der Waals surface area contributed by atoms with Crippen molar-refractivity contribution < 1.29 is 9.90 Å². The molecule has 0 saturated carbocycles. The minimum Gasteiger partial charge on any atom is -0.395 e. The molecule has 0 spiro atoms. The van der Waals surface area contributed by atoms with Gasteiger partial charge in [-0.25, -0.2) is 4.98 Å². The molecule has 2 N–H and O–H groups in total. The van der Waals surface area contributed by atoms with E-state index in [4.69, 9.17) is 5.11 Å². The molecule has 2 aromatic rings. The first-order valence-corrected chi connectivity index (χ1v) is 9.19. The van der Waals surface area contributed by atoms with Crippen LogP contribution in [0.3, 0.4) is 0 Å². The minimum absolute atomic E-state index is 0.0729. The number of nitrogens with zero attached hydrogens (tertiary/aromatic N) is 2. The number of hydrogen-bond donors (Lipinski definition) is 2. The van der Waals surface area contributed by atoms with E-state index in [0.29, 0.717) is 13.0 Å². The number of carbonyl (C=O) groups excluding carboxylic acids is 1. The zero-order valence-electron chi connectivity index (χ0n) is 15.4. The lowest BCUT2D eigenvalue weighted by Gasteiger charge is -2.25. The van der Waals surface area contributed by atoms with E-state index in [1.54, 1.807) is 13.1 Å². The minimum atomic E-state index is 0.0729. The second-order valence-corrected chi connectivity index (χ2v) is 6.57. The molecule has 1 aliphatic rings. The summed E-state index contributed by atoms with van der Waals surface area (Å²) in [5, 5.41) is 9.99. The van der Waals surface area contributed by atoms with Crippen molar-refractivity contribution in [3.63, 3.8) is 0 Å². The molecule has 2 aromatic heterocycles. The maximum atomic E-state index is 11.5. The Hall–Kier alpha value is -2.58. The number of amides is 1. The molecule has 26 heavy (non-hydrogen) atoms. The van der Waals surface area contributed by atoms with Crippen LogP contribution in [0.5, 0.6) is 0 Å². The number of aryl methyl sites for hydroxylation is 1. The number of nitrogens with one attached hydrogen (secondary N) is 1. The Bertz CT molecular complexity index is 899. The molecule has 3 heterocycles. The van der Waals surface area contributed by atoms with Crippen LogP contribution >= 0.6 is 0 Å². The Morgan fingerprint density at radius 3 is 2.96 bits per heavy atom. The summed E-state index contributed by atoms with van der Waals surface area (Å²) in [4.78, 5) is 21.4. The van der Waals surface area contributed by atoms with E-state index in [1.165, 1.54) is 11.1 Å². The average molecular weight is 351 g/mol. The molecule has 0 fully saturated rings. The highest BCUT2D eigenvalue weighted by Gasteiger charge is 2.20. The van der Waals surface area contributed by atoms with Gasteiger partial charge < -0.3 is 15.0 Å². The van der Waals surface area contributed by atoms with Crippen LogP contribution in [0.15, 0.2) is 18.3 Å². The van der Waals surface area contributed by atoms with Gasteiger partial charge in [0.1, 0.15) is 5.65 Å². The zero-order valence-corrected chi connectivity index (χ0v) is 15.4. The van der Waals surface area contributed by atoms with Crippen LogP contribution in [0.4, 0.5) is 0 Å². The normalized spacial score (nSPS) is 14.1. The van der Waals surface area contributed by atoms with Gasteiger partial charge in [-0.05, 0) is 30.0 Å². The largest absolute Gasteiger partial charge is 0.395 e. The van der Waals surface area contributed by atoms with Crippen molar-refractivity contribution in [1.82, 2.24) is 14.9 Å². The van der Waals surface area contributed by atoms with Crippen molar-refractivity contribution >= 4 is 22.5 Å². The van der Waals surface area contributed by atoms with Crippen LogP contribution in [0.1, 0.15) is 49.9 Å². The van der Waals surface area contributed by atoms with Crippen molar-refractivity contribution in [2.45, 2.75) is 39.5 Å². The van der Waals surface area contributed by atoms with Crippen molar-refractivity contribution in [3.05, 3.63) is 35.2 Å². The third-order valence-electron chi connectivity index (χ3n) is 4.70. The Labute approximate surface area is 154 Å². The Morgan fingerprint density at radius 2 is 2.31 bits per heavy atom. The van der Waals surface area contributed by atoms with Crippen molar-refractivity contribution in [1.29, 1.82) is 0 Å². The molecule has 1 amide bonds. The van der Waals surface area contributed by atoms with Gasteiger partial charge in [0.2, 0.25) is 5.91 Å². The molecule has 0 aliphatic carbocycles. The third kappa shape index (κ3) is 3.81. The lowest BCUT2D eigenvalue weighted by Crippen LogP contribution is -2.32. The summed E-state index contributed by atoms with van der Waals surface area (Å²) in [5.41, 5.74) is 5.44. The van der Waals surface area contributed by atoms with Crippen molar-refractivity contribution in [2.24, 2.45) is 0 Å². The van der Waals surface area contributed by atoms with Gasteiger partial charge in [-0.15, -0.1) is 0 Å². The number of H-pyrrole nitrogens is 1. The number of aliphatic hydroxyl groups excluding tert-OH is 1. The molecule has 0 aromatic carbocycles. The number of aromatic nitrogens is 2. The fourth-order valence-electron chi connectivity index (χ4n) is 3.38. The van der Waals surface area contributed by atoms with Gasteiger partial charge in [0.25, 0.3) is 0 Å². The van der Waals surface area contributed by atoms with E-state index in [2.05, 4.69) is 40.9 Å². The van der Waals surface area contributed by atoms with Crippen molar-refractivity contribution in [3.8, 4) is 11.8 Å². The molecule has 0 bridgehead atoms. The zero-order chi connectivity index (χ0) is 18.5. The number of pyridine rings is 1. The molecule has 0 unspecified atom stereocenters. The third-order valence-corrected chi connectivity index (χ3v) is 4.70. The molecule has 0 saturated heterocycles. The van der Waals surface area contributed by atoms with Gasteiger partial charge in [0.15, 0.2) is 0 Å². The van der Waals surface area contributed by atoms with Crippen LogP contribution in [-0.4, -0.2) is 45.6 Å². The number of aliphatic hydroxyl groups is 1. The van der Waals surface area contributed by atoms with Gasteiger partial charge >= 0.3 is 0 Å². The van der Waals surface area contributed by atoms with E-state index in [9.17, 15) is 4.79 Å². The van der Waals surface area contributed by atoms with Crippen LogP contribution in [0.2, 0.25) is 0 Å². The summed E-state index contributed by atoms with van der Waals surface area (Å²) in [5.74, 6) is 6.15.